The fraction of sp³-hybridized carbons (Fsp3) is 0.222. The molecule has 5 nitrogen and oxygen atoms in total. The zero-order valence-corrected chi connectivity index (χ0v) is 13.1. The average Bonchev–Trinajstić information content (AvgIpc) is 2.83. The number of carboxylic acids is 1. The third-order valence-electron chi connectivity index (χ3n) is 3.85. The highest BCUT2D eigenvalue weighted by Gasteiger charge is 2.10. The van der Waals surface area contributed by atoms with E-state index in [1.807, 2.05) is 54.1 Å². The van der Waals surface area contributed by atoms with Gasteiger partial charge in [-0.3, -0.25) is 9.48 Å². The van der Waals surface area contributed by atoms with Crippen LogP contribution in [-0.2, 0) is 17.8 Å². The van der Waals surface area contributed by atoms with Gasteiger partial charge in [-0.25, -0.2) is 0 Å². The Morgan fingerprint density at radius 1 is 1.17 bits per heavy atom. The Balaban J connectivity index is 1.96. The number of aromatic nitrogens is 2. The summed E-state index contributed by atoms with van der Waals surface area (Å²) >= 11 is 0. The number of benzene rings is 2. The van der Waals surface area contributed by atoms with Gasteiger partial charge in [-0.2, -0.15) is 5.10 Å². The van der Waals surface area contributed by atoms with Gasteiger partial charge in [-0.15, -0.1) is 0 Å². The number of nitrogens with zero attached hydrogens (tertiary/aromatic N) is 2. The molecule has 23 heavy (non-hydrogen) atoms. The molecule has 0 saturated heterocycles. The number of carbonyl (C=O) groups is 1. The summed E-state index contributed by atoms with van der Waals surface area (Å²) < 4.78 is 7.08. The molecule has 0 aliphatic heterocycles. The van der Waals surface area contributed by atoms with Crippen LogP contribution in [0.3, 0.4) is 0 Å². The van der Waals surface area contributed by atoms with Gasteiger partial charge in [0.1, 0.15) is 5.75 Å². The molecule has 2 aromatic carbocycles. The maximum atomic E-state index is 10.9. The van der Waals surface area contributed by atoms with Crippen molar-refractivity contribution >= 4 is 16.9 Å². The number of methoxy groups -OCH3 is 1. The van der Waals surface area contributed by atoms with Crippen LogP contribution in [0.1, 0.15) is 16.8 Å². The zero-order valence-electron chi connectivity index (χ0n) is 13.1. The van der Waals surface area contributed by atoms with Crippen molar-refractivity contribution < 1.29 is 14.6 Å². The van der Waals surface area contributed by atoms with Gasteiger partial charge in [-0.05, 0) is 36.2 Å². The minimum atomic E-state index is -0.831. The first-order valence-corrected chi connectivity index (χ1v) is 7.37. The van der Waals surface area contributed by atoms with E-state index < -0.39 is 5.97 Å². The molecule has 0 spiro atoms. The summed E-state index contributed by atoms with van der Waals surface area (Å²) in [7, 11) is 1.64. The Hall–Kier alpha value is -2.82. The van der Waals surface area contributed by atoms with Crippen LogP contribution in [0.2, 0.25) is 0 Å². The summed E-state index contributed by atoms with van der Waals surface area (Å²) in [6.07, 6.45) is 0.0166. The molecular weight excluding hydrogens is 292 g/mol. The summed E-state index contributed by atoms with van der Waals surface area (Å²) in [5, 5.41) is 14.6. The van der Waals surface area contributed by atoms with Crippen LogP contribution in [-0.4, -0.2) is 28.0 Å². The average molecular weight is 310 g/mol. The SMILES string of the molecule is COc1ccc(Cn2nc(C)c3ccc(CC(=O)O)cc32)cc1. The normalized spacial score (nSPS) is 10.9. The van der Waals surface area contributed by atoms with Crippen LogP contribution >= 0.6 is 0 Å². The van der Waals surface area contributed by atoms with Crippen molar-refractivity contribution in [1.82, 2.24) is 9.78 Å². The van der Waals surface area contributed by atoms with Crippen molar-refractivity contribution in [3.05, 3.63) is 59.3 Å². The predicted octanol–water partition coefficient (Wildman–Crippen LogP) is 3.03. The molecular formula is C18H18N2O3. The molecule has 1 aromatic heterocycles. The standard InChI is InChI=1S/C18H18N2O3/c1-12-16-8-5-14(10-18(21)22)9-17(16)20(19-12)11-13-3-6-15(23-2)7-4-13/h3-9H,10-11H2,1-2H3,(H,21,22). The summed E-state index contributed by atoms with van der Waals surface area (Å²) in [5.74, 6) is -0.0127. The first kappa shape index (κ1) is 15.1. The lowest BCUT2D eigenvalue weighted by Gasteiger charge is -2.06. The number of aryl methyl sites for hydroxylation is 1. The van der Waals surface area contributed by atoms with Crippen molar-refractivity contribution in [2.24, 2.45) is 0 Å². The number of aliphatic carboxylic acids is 1. The summed E-state index contributed by atoms with van der Waals surface area (Å²) in [5.41, 5.74) is 3.78. The lowest BCUT2D eigenvalue weighted by atomic mass is 10.1. The predicted molar refractivity (Wildman–Crippen MR) is 87.9 cm³/mol. The summed E-state index contributed by atoms with van der Waals surface area (Å²) in [6.45, 7) is 2.59. The van der Waals surface area contributed by atoms with Crippen LogP contribution in [0.5, 0.6) is 5.75 Å². The van der Waals surface area contributed by atoms with Crippen LogP contribution in [0.25, 0.3) is 10.9 Å². The molecule has 0 aliphatic carbocycles. The first-order chi connectivity index (χ1) is 11.1. The summed E-state index contributed by atoms with van der Waals surface area (Å²) in [6, 6.07) is 13.6. The van der Waals surface area contributed by atoms with Crippen LogP contribution in [0, 0.1) is 6.92 Å². The fourth-order valence-corrected chi connectivity index (χ4v) is 2.69. The second-order valence-corrected chi connectivity index (χ2v) is 5.51. The Labute approximate surface area is 134 Å². The minimum absolute atomic E-state index is 0.0166. The van der Waals surface area contributed by atoms with E-state index >= 15 is 0 Å². The van der Waals surface area contributed by atoms with Gasteiger partial charge < -0.3 is 9.84 Å². The summed E-state index contributed by atoms with van der Waals surface area (Å²) in [4.78, 5) is 10.9. The zero-order chi connectivity index (χ0) is 16.4. The quantitative estimate of drug-likeness (QED) is 0.786. The van der Waals surface area contributed by atoms with Crippen molar-refractivity contribution in [2.75, 3.05) is 7.11 Å². The Kier molecular flexibility index (Phi) is 4.02. The van der Waals surface area contributed by atoms with E-state index in [0.29, 0.717) is 6.54 Å². The molecule has 1 N–H and O–H groups in total. The van der Waals surface area contributed by atoms with E-state index in [0.717, 1.165) is 33.5 Å². The molecule has 5 heteroatoms. The Morgan fingerprint density at radius 3 is 2.52 bits per heavy atom. The molecule has 0 unspecified atom stereocenters. The molecule has 1 heterocycles. The smallest absolute Gasteiger partial charge is 0.307 e. The van der Waals surface area contributed by atoms with Gasteiger partial charge in [0, 0.05) is 5.39 Å². The molecule has 0 bridgehead atoms. The highest BCUT2D eigenvalue weighted by molar-refractivity contribution is 5.83. The number of hydrogen-bond donors (Lipinski definition) is 1. The Bertz CT molecular complexity index is 851. The lowest BCUT2D eigenvalue weighted by Crippen LogP contribution is -2.03. The van der Waals surface area contributed by atoms with Gasteiger partial charge in [0.2, 0.25) is 0 Å². The topological polar surface area (TPSA) is 64.4 Å². The Morgan fingerprint density at radius 2 is 1.87 bits per heavy atom. The van der Waals surface area contributed by atoms with Gasteiger partial charge >= 0.3 is 5.97 Å². The van der Waals surface area contributed by atoms with Crippen molar-refractivity contribution in [3.63, 3.8) is 0 Å². The molecule has 0 fully saturated rings. The molecule has 3 rings (SSSR count). The van der Waals surface area contributed by atoms with Gasteiger partial charge in [0.25, 0.3) is 0 Å². The maximum Gasteiger partial charge on any atom is 0.307 e. The van der Waals surface area contributed by atoms with Gasteiger partial charge in [0.05, 0.1) is 31.3 Å². The largest absolute Gasteiger partial charge is 0.497 e. The number of ether oxygens (including phenoxy) is 1. The number of rotatable bonds is 5. The monoisotopic (exact) mass is 310 g/mol. The second kappa shape index (κ2) is 6.12. The van der Waals surface area contributed by atoms with Crippen LogP contribution in [0.4, 0.5) is 0 Å². The first-order valence-electron chi connectivity index (χ1n) is 7.37. The molecule has 0 aliphatic rings. The third kappa shape index (κ3) is 3.18. The molecule has 3 aromatic rings. The number of hydrogen-bond acceptors (Lipinski definition) is 3. The molecule has 118 valence electrons. The minimum Gasteiger partial charge on any atom is -0.497 e. The molecule has 0 atom stereocenters. The van der Waals surface area contributed by atoms with E-state index in [9.17, 15) is 4.79 Å². The number of carboxylic acid groups (broad SMARTS) is 1. The molecule has 0 radical (unpaired) electrons. The van der Waals surface area contributed by atoms with E-state index in [1.54, 1.807) is 7.11 Å². The van der Waals surface area contributed by atoms with Crippen LogP contribution < -0.4 is 4.74 Å². The van der Waals surface area contributed by atoms with Crippen LogP contribution in [0.15, 0.2) is 42.5 Å². The van der Waals surface area contributed by atoms with E-state index in [2.05, 4.69) is 5.10 Å². The fourth-order valence-electron chi connectivity index (χ4n) is 2.69. The molecule has 0 amide bonds. The lowest BCUT2D eigenvalue weighted by molar-refractivity contribution is -0.136. The highest BCUT2D eigenvalue weighted by Crippen LogP contribution is 2.22. The van der Waals surface area contributed by atoms with E-state index in [-0.39, 0.29) is 6.42 Å². The molecule has 0 saturated carbocycles. The third-order valence-corrected chi connectivity index (χ3v) is 3.85. The van der Waals surface area contributed by atoms with Gasteiger partial charge in [-0.1, -0.05) is 24.3 Å². The number of fused-ring (bicyclic) bond motifs is 1. The van der Waals surface area contributed by atoms with E-state index in [1.165, 1.54) is 0 Å². The van der Waals surface area contributed by atoms with Gasteiger partial charge in [0.15, 0.2) is 0 Å². The maximum absolute atomic E-state index is 10.9. The van der Waals surface area contributed by atoms with Crippen molar-refractivity contribution in [1.29, 1.82) is 0 Å². The van der Waals surface area contributed by atoms with E-state index in [4.69, 9.17) is 9.84 Å². The van der Waals surface area contributed by atoms with Crippen molar-refractivity contribution in [2.45, 2.75) is 19.9 Å². The second-order valence-electron chi connectivity index (χ2n) is 5.51. The highest BCUT2D eigenvalue weighted by atomic mass is 16.5. The van der Waals surface area contributed by atoms with Crippen molar-refractivity contribution in [3.8, 4) is 5.75 Å².